The number of amides is 2. The third-order valence-corrected chi connectivity index (χ3v) is 6.45. The zero-order valence-electron chi connectivity index (χ0n) is 17.9. The molecule has 1 fully saturated rings. The summed E-state index contributed by atoms with van der Waals surface area (Å²) in [7, 11) is 0. The first-order valence-corrected chi connectivity index (χ1v) is 11.1. The molecule has 158 valence electrons. The second-order valence-corrected chi connectivity index (χ2v) is 8.57. The molecular weight excluding hydrogens is 374 g/mol. The van der Waals surface area contributed by atoms with Crippen LogP contribution in [0, 0.1) is 5.92 Å². The van der Waals surface area contributed by atoms with Crippen molar-refractivity contribution >= 4 is 23.2 Å². The SMILES string of the molecule is CCC(C)NC(=O)c1cc(NC(=O)C2CCC2)ccc1N1CCc2ccccc2C1. The third kappa shape index (κ3) is 4.35. The summed E-state index contributed by atoms with van der Waals surface area (Å²) in [5, 5.41) is 6.11. The predicted octanol–water partition coefficient (Wildman–Crippen LogP) is 4.52. The molecule has 5 nitrogen and oxygen atoms in total. The van der Waals surface area contributed by atoms with Crippen LogP contribution in [0.5, 0.6) is 0 Å². The largest absolute Gasteiger partial charge is 0.366 e. The topological polar surface area (TPSA) is 61.4 Å². The van der Waals surface area contributed by atoms with Crippen molar-refractivity contribution in [3.8, 4) is 0 Å². The Kier molecular flexibility index (Phi) is 6.07. The van der Waals surface area contributed by atoms with Crippen molar-refractivity contribution in [2.75, 3.05) is 16.8 Å². The number of hydrogen-bond donors (Lipinski definition) is 2. The monoisotopic (exact) mass is 405 g/mol. The van der Waals surface area contributed by atoms with Crippen LogP contribution in [-0.2, 0) is 17.8 Å². The summed E-state index contributed by atoms with van der Waals surface area (Å²) in [4.78, 5) is 27.8. The lowest BCUT2D eigenvalue weighted by Crippen LogP contribution is -2.36. The summed E-state index contributed by atoms with van der Waals surface area (Å²) >= 11 is 0. The Labute approximate surface area is 178 Å². The molecule has 2 aromatic carbocycles. The number of rotatable bonds is 6. The summed E-state index contributed by atoms with van der Waals surface area (Å²) in [6.07, 6.45) is 4.87. The summed E-state index contributed by atoms with van der Waals surface area (Å²) in [5.41, 5.74) is 4.93. The van der Waals surface area contributed by atoms with Crippen LogP contribution in [-0.4, -0.2) is 24.4 Å². The number of nitrogens with one attached hydrogen (secondary N) is 2. The van der Waals surface area contributed by atoms with E-state index in [-0.39, 0.29) is 23.8 Å². The van der Waals surface area contributed by atoms with Gasteiger partial charge in [0.05, 0.1) is 5.56 Å². The van der Waals surface area contributed by atoms with Crippen LogP contribution in [0.4, 0.5) is 11.4 Å². The van der Waals surface area contributed by atoms with E-state index in [9.17, 15) is 9.59 Å². The molecule has 0 aromatic heterocycles. The van der Waals surface area contributed by atoms with Crippen molar-refractivity contribution in [1.82, 2.24) is 5.32 Å². The minimum atomic E-state index is -0.0852. The highest BCUT2D eigenvalue weighted by molar-refractivity contribution is 6.02. The molecule has 2 aromatic rings. The highest BCUT2D eigenvalue weighted by Crippen LogP contribution is 2.31. The second-order valence-electron chi connectivity index (χ2n) is 8.57. The van der Waals surface area contributed by atoms with Gasteiger partial charge in [-0.2, -0.15) is 0 Å². The van der Waals surface area contributed by atoms with Gasteiger partial charge in [0.2, 0.25) is 5.91 Å². The molecule has 1 saturated carbocycles. The Bertz CT molecular complexity index is 936. The maximum atomic E-state index is 13.1. The van der Waals surface area contributed by atoms with E-state index in [1.165, 1.54) is 11.1 Å². The van der Waals surface area contributed by atoms with E-state index in [4.69, 9.17) is 0 Å². The molecule has 1 aliphatic carbocycles. The molecule has 2 N–H and O–H groups in total. The quantitative estimate of drug-likeness (QED) is 0.743. The van der Waals surface area contributed by atoms with E-state index in [1.807, 2.05) is 25.1 Å². The highest BCUT2D eigenvalue weighted by Gasteiger charge is 2.26. The van der Waals surface area contributed by atoms with Gasteiger partial charge in [0.1, 0.15) is 0 Å². The molecule has 5 heteroatoms. The fourth-order valence-corrected chi connectivity index (χ4v) is 4.09. The fourth-order valence-electron chi connectivity index (χ4n) is 4.09. The van der Waals surface area contributed by atoms with E-state index in [0.29, 0.717) is 11.3 Å². The number of carbonyl (C=O) groups is 2. The zero-order chi connectivity index (χ0) is 21.1. The van der Waals surface area contributed by atoms with Gasteiger partial charge in [-0.15, -0.1) is 0 Å². The maximum Gasteiger partial charge on any atom is 0.253 e. The van der Waals surface area contributed by atoms with Crippen molar-refractivity contribution < 1.29 is 9.59 Å². The molecular formula is C25H31N3O2. The molecule has 1 heterocycles. The van der Waals surface area contributed by atoms with Gasteiger partial charge in [-0.3, -0.25) is 9.59 Å². The molecule has 1 unspecified atom stereocenters. The number of nitrogens with zero attached hydrogens (tertiary/aromatic N) is 1. The van der Waals surface area contributed by atoms with Crippen LogP contribution in [0.15, 0.2) is 42.5 Å². The van der Waals surface area contributed by atoms with Gasteiger partial charge >= 0.3 is 0 Å². The summed E-state index contributed by atoms with van der Waals surface area (Å²) in [6, 6.07) is 14.3. The van der Waals surface area contributed by atoms with E-state index >= 15 is 0 Å². The van der Waals surface area contributed by atoms with Gasteiger partial charge < -0.3 is 15.5 Å². The van der Waals surface area contributed by atoms with E-state index in [1.54, 1.807) is 0 Å². The molecule has 0 saturated heterocycles. The molecule has 1 aliphatic heterocycles. The average molecular weight is 406 g/mol. The van der Waals surface area contributed by atoms with Gasteiger partial charge in [-0.1, -0.05) is 37.6 Å². The second kappa shape index (κ2) is 8.90. The Morgan fingerprint density at radius 2 is 1.90 bits per heavy atom. The van der Waals surface area contributed by atoms with Crippen molar-refractivity contribution in [2.24, 2.45) is 5.92 Å². The average Bonchev–Trinajstić information content (AvgIpc) is 2.71. The molecule has 2 amide bonds. The van der Waals surface area contributed by atoms with Gasteiger partial charge in [0.15, 0.2) is 0 Å². The van der Waals surface area contributed by atoms with Crippen molar-refractivity contribution in [1.29, 1.82) is 0 Å². The van der Waals surface area contributed by atoms with E-state index in [0.717, 1.165) is 50.9 Å². The van der Waals surface area contributed by atoms with Crippen LogP contribution >= 0.6 is 0 Å². The molecule has 0 bridgehead atoms. The van der Waals surface area contributed by atoms with Crippen LogP contribution in [0.1, 0.15) is 61.0 Å². The molecule has 30 heavy (non-hydrogen) atoms. The lowest BCUT2D eigenvalue weighted by atomic mass is 9.85. The molecule has 0 radical (unpaired) electrons. The number of carbonyl (C=O) groups excluding carboxylic acids is 2. The van der Waals surface area contributed by atoms with Crippen LogP contribution in [0.25, 0.3) is 0 Å². The number of benzene rings is 2. The Morgan fingerprint density at radius 3 is 2.60 bits per heavy atom. The lowest BCUT2D eigenvalue weighted by Gasteiger charge is -2.32. The molecule has 0 spiro atoms. The zero-order valence-corrected chi connectivity index (χ0v) is 17.9. The first kappa shape index (κ1) is 20.5. The predicted molar refractivity (Wildman–Crippen MR) is 121 cm³/mol. The van der Waals surface area contributed by atoms with E-state index in [2.05, 4.69) is 46.7 Å². The number of fused-ring (bicyclic) bond motifs is 1. The van der Waals surface area contributed by atoms with Crippen molar-refractivity contribution in [3.05, 3.63) is 59.2 Å². The van der Waals surface area contributed by atoms with Gasteiger partial charge in [0.25, 0.3) is 5.91 Å². The summed E-state index contributed by atoms with van der Waals surface area (Å²) in [6.45, 7) is 5.72. The standard InChI is InChI=1S/C25H31N3O2/c1-3-17(2)26-25(30)22-15-21(27-24(29)19-9-6-10-19)11-12-23(22)28-14-13-18-7-4-5-8-20(18)16-28/h4-5,7-8,11-12,15,17,19H,3,6,9-10,13-14,16H2,1-2H3,(H,26,30)(H,27,29). The fraction of sp³-hybridized carbons (Fsp3) is 0.440. The molecule has 2 aliphatic rings. The third-order valence-electron chi connectivity index (χ3n) is 6.45. The summed E-state index contributed by atoms with van der Waals surface area (Å²) in [5.74, 6) is 0.0906. The normalized spacial score (nSPS) is 16.9. The van der Waals surface area contributed by atoms with Crippen LogP contribution < -0.4 is 15.5 Å². The van der Waals surface area contributed by atoms with Crippen LogP contribution in [0.3, 0.4) is 0 Å². The summed E-state index contributed by atoms with van der Waals surface area (Å²) < 4.78 is 0. The lowest BCUT2D eigenvalue weighted by molar-refractivity contribution is -0.122. The minimum absolute atomic E-state index is 0.0641. The van der Waals surface area contributed by atoms with Crippen molar-refractivity contribution in [2.45, 2.75) is 58.5 Å². The van der Waals surface area contributed by atoms with E-state index < -0.39 is 0 Å². The Balaban J connectivity index is 1.61. The first-order valence-electron chi connectivity index (χ1n) is 11.1. The Hall–Kier alpha value is -2.82. The van der Waals surface area contributed by atoms with Gasteiger partial charge in [0, 0.05) is 36.4 Å². The highest BCUT2D eigenvalue weighted by atomic mass is 16.2. The molecule has 4 rings (SSSR count). The van der Waals surface area contributed by atoms with Gasteiger partial charge in [-0.25, -0.2) is 0 Å². The van der Waals surface area contributed by atoms with Crippen molar-refractivity contribution in [3.63, 3.8) is 0 Å². The smallest absolute Gasteiger partial charge is 0.253 e. The van der Waals surface area contributed by atoms with Crippen LogP contribution in [0.2, 0.25) is 0 Å². The first-order chi connectivity index (χ1) is 14.5. The minimum Gasteiger partial charge on any atom is -0.366 e. The Morgan fingerprint density at radius 1 is 1.13 bits per heavy atom. The van der Waals surface area contributed by atoms with Gasteiger partial charge in [-0.05, 0) is 61.9 Å². The maximum absolute atomic E-state index is 13.1. The molecule has 1 atom stereocenters. The number of hydrogen-bond acceptors (Lipinski definition) is 3. The number of anilines is 2.